The molecule has 0 bridgehead atoms. The van der Waals surface area contributed by atoms with Crippen molar-refractivity contribution in [3.63, 3.8) is 0 Å². The molecule has 4 nitrogen and oxygen atoms in total. The minimum Gasteiger partial charge on any atom is -0.411 e. The number of halogens is 1. The Kier molecular flexibility index (Phi) is 4.76. The Labute approximate surface area is 143 Å². The molecule has 6 heteroatoms. The SMILES string of the molecule is Cc1ccc(C(=O)CSc2nnc(-c3ccc(F)cc3)o2)c(C)c1. The van der Waals surface area contributed by atoms with Gasteiger partial charge in [0.2, 0.25) is 5.89 Å². The van der Waals surface area contributed by atoms with Gasteiger partial charge < -0.3 is 4.42 Å². The average Bonchev–Trinajstić information content (AvgIpc) is 3.02. The Morgan fingerprint density at radius 2 is 1.88 bits per heavy atom. The van der Waals surface area contributed by atoms with Crippen molar-refractivity contribution in [1.82, 2.24) is 10.2 Å². The second kappa shape index (κ2) is 6.97. The third kappa shape index (κ3) is 3.71. The zero-order valence-electron chi connectivity index (χ0n) is 13.2. The van der Waals surface area contributed by atoms with Crippen molar-refractivity contribution in [2.45, 2.75) is 19.1 Å². The number of ketones is 1. The topological polar surface area (TPSA) is 56.0 Å². The van der Waals surface area contributed by atoms with Crippen molar-refractivity contribution < 1.29 is 13.6 Å². The largest absolute Gasteiger partial charge is 0.411 e. The standard InChI is InChI=1S/C18H15FN2O2S/c1-11-3-8-15(12(2)9-11)16(22)10-24-18-21-20-17(23-18)13-4-6-14(19)7-5-13/h3-9H,10H2,1-2H3. The van der Waals surface area contributed by atoms with Crippen LogP contribution in [-0.2, 0) is 0 Å². The average molecular weight is 342 g/mol. The first-order chi connectivity index (χ1) is 11.5. The van der Waals surface area contributed by atoms with Crippen molar-refractivity contribution in [1.29, 1.82) is 0 Å². The number of aromatic nitrogens is 2. The zero-order valence-corrected chi connectivity index (χ0v) is 14.1. The Hall–Kier alpha value is -2.47. The van der Waals surface area contributed by atoms with E-state index in [1.165, 1.54) is 23.9 Å². The van der Waals surface area contributed by atoms with E-state index in [9.17, 15) is 9.18 Å². The Morgan fingerprint density at radius 1 is 1.12 bits per heavy atom. The van der Waals surface area contributed by atoms with Gasteiger partial charge in [-0.3, -0.25) is 4.79 Å². The van der Waals surface area contributed by atoms with Gasteiger partial charge in [-0.1, -0.05) is 35.5 Å². The quantitative estimate of drug-likeness (QED) is 0.506. The molecule has 0 saturated heterocycles. The molecule has 0 amide bonds. The Balaban J connectivity index is 1.67. The van der Waals surface area contributed by atoms with Gasteiger partial charge >= 0.3 is 0 Å². The molecule has 0 spiro atoms. The molecule has 0 radical (unpaired) electrons. The molecule has 122 valence electrons. The molecule has 3 aromatic rings. The van der Waals surface area contributed by atoms with Gasteiger partial charge in [0, 0.05) is 11.1 Å². The first-order valence-corrected chi connectivity index (χ1v) is 8.34. The summed E-state index contributed by atoms with van der Waals surface area (Å²) in [6.45, 7) is 3.91. The predicted octanol–water partition coefficient (Wildman–Crippen LogP) is 4.47. The number of nitrogens with zero attached hydrogens (tertiary/aromatic N) is 2. The van der Waals surface area contributed by atoms with E-state index in [1.807, 2.05) is 32.0 Å². The van der Waals surface area contributed by atoms with Crippen LogP contribution in [0, 0.1) is 19.7 Å². The number of hydrogen-bond donors (Lipinski definition) is 0. The van der Waals surface area contributed by atoms with Gasteiger partial charge in [0.1, 0.15) is 5.82 Å². The van der Waals surface area contributed by atoms with E-state index in [0.29, 0.717) is 22.2 Å². The van der Waals surface area contributed by atoms with Crippen LogP contribution in [0.4, 0.5) is 4.39 Å². The number of hydrogen-bond acceptors (Lipinski definition) is 5. The normalized spacial score (nSPS) is 10.8. The third-order valence-corrected chi connectivity index (χ3v) is 4.33. The van der Waals surface area contributed by atoms with Crippen LogP contribution in [-0.4, -0.2) is 21.7 Å². The zero-order chi connectivity index (χ0) is 17.1. The van der Waals surface area contributed by atoms with E-state index in [1.54, 1.807) is 12.1 Å². The highest BCUT2D eigenvalue weighted by Gasteiger charge is 2.14. The highest BCUT2D eigenvalue weighted by atomic mass is 32.2. The van der Waals surface area contributed by atoms with Gasteiger partial charge in [0.05, 0.1) is 5.75 Å². The first kappa shape index (κ1) is 16.4. The van der Waals surface area contributed by atoms with Gasteiger partial charge in [-0.2, -0.15) is 0 Å². The van der Waals surface area contributed by atoms with Gasteiger partial charge in [-0.25, -0.2) is 4.39 Å². The lowest BCUT2D eigenvalue weighted by molar-refractivity contribution is 0.102. The molecule has 1 heterocycles. The summed E-state index contributed by atoms with van der Waals surface area (Å²) < 4.78 is 18.4. The first-order valence-electron chi connectivity index (χ1n) is 7.35. The number of thioether (sulfide) groups is 1. The molecule has 0 aliphatic heterocycles. The summed E-state index contributed by atoms with van der Waals surface area (Å²) in [6, 6.07) is 11.5. The molecule has 2 aromatic carbocycles. The molecular weight excluding hydrogens is 327 g/mol. The fourth-order valence-electron chi connectivity index (χ4n) is 2.31. The number of Topliss-reactive ketones (excluding diaryl/α,β-unsaturated/α-hetero) is 1. The molecule has 0 atom stereocenters. The molecule has 3 rings (SSSR count). The molecule has 0 aliphatic rings. The summed E-state index contributed by atoms with van der Waals surface area (Å²) in [6.07, 6.45) is 0. The van der Waals surface area contributed by atoms with E-state index in [2.05, 4.69) is 10.2 Å². The lowest BCUT2D eigenvalue weighted by atomic mass is 10.0. The molecule has 0 N–H and O–H groups in total. The number of carbonyl (C=O) groups excluding carboxylic acids is 1. The number of aryl methyl sites for hydroxylation is 2. The summed E-state index contributed by atoms with van der Waals surface area (Å²) in [5.41, 5.74) is 3.42. The third-order valence-electron chi connectivity index (χ3n) is 3.51. The summed E-state index contributed by atoms with van der Waals surface area (Å²) >= 11 is 1.19. The van der Waals surface area contributed by atoms with Crippen LogP contribution < -0.4 is 0 Å². The van der Waals surface area contributed by atoms with Gasteiger partial charge in [0.15, 0.2) is 5.78 Å². The number of benzene rings is 2. The molecule has 24 heavy (non-hydrogen) atoms. The minimum atomic E-state index is -0.327. The van der Waals surface area contributed by atoms with Crippen molar-refractivity contribution in [3.05, 3.63) is 65.0 Å². The van der Waals surface area contributed by atoms with Crippen LogP contribution in [0.25, 0.3) is 11.5 Å². The summed E-state index contributed by atoms with van der Waals surface area (Å²) in [4.78, 5) is 12.3. The van der Waals surface area contributed by atoms with Crippen molar-refractivity contribution in [2.75, 3.05) is 5.75 Å². The van der Waals surface area contributed by atoms with Crippen molar-refractivity contribution in [2.24, 2.45) is 0 Å². The van der Waals surface area contributed by atoms with Crippen LogP contribution in [0.5, 0.6) is 0 Å². The van der Waals surface area contributed by atoms with E-state index in [4.69, 9.17) is 4.42 Å². The van der Waals surface area contributed by atoms with E-state index >= 15 is 0 Å². The van der Waals surface area contributed by atoms with Gasteiger partial charge in [-0.15, -0.1) is 10.2 Å². The summed E-state index contributed by atoms with van der Waals surface area (Å²) in [5.74, 6) is 0.206. The second-order valence-corrected chi connectivity index (χ2v) is 6.34. The monoisotopic (exact) mass is 342 g/mol. The molecule has 1 aromatic heterocycles. The molecule has 0 saturated carbocycles. The fourth-order valence-corrected chi connectivity index (χ4v) is 2.96. The van der Waals surface area contributed by atoms with E-state index in [-0.39, 0.29) is 17.4 Å². The highest BCUT2D eigenvalue weighted by Crippen LogP contribution is 2.24. The number of carbonyl (C=O) groups is 1. The number of rotatable bonds is 5. The maximum absolute atomic E-state index is 12.9. The van der Waals surface area contributed by atoms with Crippen LogP contribution in [0.3, 0.4) is 0 Å². The Morgan fingerprint density at radius 3 is 2.58 bits per heavy atom. The molecular formula is C18H15FN2O2S. The Bertz CT molecular complexity index is 875. The maximum atomic E-state index is 12.9. The summed E-state index contributed by atoms with van der Waals surface area (Å²) in [7, 11) is 0. The molecule has 0 aliphatic carbocycles. The minimum absolute atomic E-state index is 0.0130. The summed E-state index contributed by atoms with van der Waals surface area (Å²) in [5, 5.41) is 8.15. The van der Waals surface area contributed by atoms with Crippen LogP contribution in [0.15, 0.2) is 52.1 Å². The van der Waals surface area contributed by atoms with Crippen molar-refractivity contribution >= 4 is 17.5 Å². The van der Waals surface area contributed by atoms with E-state index < -0.39 is 0 Å². The highest BCUT2D eigenvalue weighted by molar-refractivity contribution is 7.99. The van der Waals surface area contributed by atoms with Crippen molar-refractivity contribution in [3.8, 4) is 11.5 Å². The predicted molar refractivity (Wildman–Crippen MR) is 90.7 cm³/mol. The van der Waals surface area contributed by atoms with E-state index in [0.717, 1.165) is 11.1 Å². The second-order valence-electron chi connectivity index (χ2n) is 5.41. The van der Waals surface area contributed by atoms with Gasteiger partial charge in [-0.05, 0) is 43.7 Å². The van der Waals surface area contributed by atoms with Crippen LogP contribution >= 0.6 is 11.8 Å². The molecule has 0 fully saturated rings. The lowest BCUT2D eigenvalue weighted by Gasteiger charge is -2.04. The lowest BCUT2D eigenvalue weighted by Crippen LogP contribution is -2.04. The van der Waals surface area contributed by atoms with Crippen LogP contribution in [0.2, 0.25) is 0 Å². The maximum Gasteiger partial charge on any atom is 0.277 e. The van der Waals surface area contributed by atoms with Crippen LogP contribution in [0.1, 0.15) is 21.5 Å². The smallest absolute Gasteiger partial charge is 0.277 e. The molecule has 0 unspecified atom stereocenters. The van der Waals surface area contributed by atoms with Gasteiger partial charge in [0.25, 0.3) is 5.22 Å². The fraction of sp³-hybridized carbons (Fsp3) is 0.167.